The molecule has 0 saturated carbocycles. The van der Waals surface area contributed by atoms with Crippen molar-refractivity contribution in [1.29, 1.82) is 5.26 Å². The zero-order chi connectivity index (χ0) is 19.7. The highest BCUT2D eigenvalue weighted by molar-refractivity contribution is 7.98. The van der Waals surface area contributed by atoms with E-state index in [2.05, 4.69) is 47.5 Å². The van der Waals surface area contributed by atoms with Gasteiger partial charge in [0.15, 0.2) is 0 Å². The van der Waals surface area contributed by atoms with Crippen LogP contribution in [0.2, 0.25) is 5.02 Å². The molecule has 0 saturated heterocycles. The van der Waals surface area contributed by atoms with Gasteiger partial charge in [0, 0.05) is 15.7 Å². The van der Waals surface area contributed by atoms with Crippen molar-refractivity contribution >= 4 is 23.4 Å². The van der Waals surface area contributed by atoms with Crippen LogP contribution in [0.4, 0.5) is 0 Å². The molecule has 2 aromatic carbocycles. The number of hydrogen-bond acceptors (Lipinski definition) is 5. The Morgan fingerprint density at radius 3 is 2.79 bits per heavy atom. The van der Waals surface area contributed by atoms with Crippen molar-refractivity contribution in [2.24, 2.45) is 5.73 Å². The molecule has 0 amide bonds. The molecule has 140 valence electrons. The Hall–Kier alpha value is -2.88. The van der Waals surface area contributed by atoms with Crippen LogP contribution in [0.15, 0.2) is 64.9 Å². The van der Waals surface area contributed by atoms with Crippen molar-refractivity contribution < 1.29 is 4.74 Å². The number of ether oxygens (including phenoxy) is 1. The van der Waals surface area contributed by atoms with Gasteiger partial charge in [-0.25, -0.2) is 0 Å². The molecule has 1 atom stereocenters. The molecule has 5 nitrogen and oxygen atoms in total. The Bertz CT molecular complexity index is 1100. The number of aromatic nitrogens is 2. The number of nitrogens with zero attached hydrogens (tertiary/aromatic N) is 2. The highest BCUT2D eigenvalue weighted by Crippen LogP contribution is 2.44. The smallest absolute Gasteiger partial charge is 0.244 e. The van der Waals surface area contributed by atoms with Crippen LogP contribution in [0.1, 0.15) is 28.3 Å². The summed E-state index contributed by atoms with van der Waals surface area (Å²) in [4.78, 5) is 1.15. The lowest BCUT2D eigenvalue weighted by atomic mass is 9.84. The second-order valence-corrected chi connectivity index (χ2v) is 7.99. The Kier molecular flexibility index (Phi) is 5.03. The van der Waals surface area contributed by atoms with Crippen LogP contribution in [0, 0.1) is 18.3 Å². The molecular formula is C21H17ClN4OS. The molecule has 0 unspecified atom stereocenters. The van der Waals surface area contributed by atoms with E-state index in [1.807, 2.05) is 18.2 Å². The Morgan fingerprint density at radius 1 is 1.29 bits per heavy atom. The zero-order valence-electron chi connectivity index (χ0n) is 15.1. The van der Waals surface area contributed by atoms with Crippen molar-refractivity contribution in [2.45, 2.75) is 23.5 Å². The second-order valence-electron chi connectivity index (χ2n) is 6.50. The summed E-state index contributed by atoms with van der Waals surface area (Å²) in [7, 11) is 0. The lowest BCUT2D eigenvalue weighted by Crippen LogP contribution is -2.21. The van der Waals surface area contributed by atoms with Crippen LogP contribution in [0.25, 0.3) is 0 Å². The summed E-state index contributed by atoms with van der Waals surface area (Å²) in [6.07, 6.45) is 0. The summed E-state index contributed by atoms with van der Waals surface area (Å²) in [5.41, 5.74) is 10.2. The number of allylic oxidation sites excluding steroid dienone is 1. The maximum Gasteiger partial charge on any atom is 0.244 e. The monoisotopic (exact) mass is 408 g/mol. The van der Waals surface area contributed by atoms with Gasteiger partial charge in [0.1, 0.15) is 11.6 Å². The summed E-state index contributed by atoms with van der Waals surface area (Å²) in [6, 6.07) is 18.0. The molecule has 4 rings (SSSR count). The molecule has 7 heteroatoms. The second kappa shape index (κ2) is 7.63. The maximum atomic E-state index is 9.71. The number of benzene rings is 2. The van der Waals surface area contributed by atoms with Crippen molar-refractivity contribution in [3.63, 3.8) is 0 Å². The van der Waals surface area contributed by atoms with Gasteiger partial charge in [-0.15, -0.1) is 16.9 Å². The van der Waals surface area contributed by atoms with E-state index >= 15 is 0 Å². The molecule has 28 heavy (non-hydrogen) atoms. The van der Waals surface area contributed by atoms with Crippen LogP contribution >= 0.6 is 23.4 Å². The predicted octanol–water partition coefficient (Wildman–Crippen LogP) is 4.88. The fraction of sp³-hybridized carbons (Fsp3) is 0.143. The van der Waals surface area contributed by atoms with E-state index < -0.39 is 0 Å². The van der Waals surface area contributed by atoms with Gasteiger partial charge >= 0.3 is 0 Å². The Balaban J connectivity index is 1.73. The Labute approximate surface area is 172 Å². The molecule has 1 aromatic heterocycles. The number of aryl methyl sites for hydroxylation is 1. The van der Waals surface area contributed by atoms with E-state index in [0.717, 1.165) is 21.7 Å². The number of nitriles is 1. The molecule has 1 aliphatic rings. The fourth-order valence-corrected chi connectivity index (χ4v) is 4.29. The normalized spacial score (nSPS) is 15.7. The number of rotatable bonds is 4. The molecule has 0 spiro atoms. The van der Waals surface area contributed by atoms with Crippen LogP contribution in [0.5, 0.6) is 5.88 Å². The molecule has 3 aromatic rings. The van der Waals surface area contributed by atoms with Gasteiger partial charge in [-0.1, -0.05) is 41.4 Å². The number of nitrogens with two attached hydrogens (primary N) is 1. The van der Waals surface area contributed by atoms with E-state index in [1.54, 1.807) is 17.8 Å². The van der Waals surface area contributed by atoms with Crippen molar-refractivity contribution in [1.82, 2.24) is 10.2 Å². The number of aromatic amines is 1. The Morgan fingerprint density at radius 2 is 2.07 bits per heavy atom. The van der Waals surface area contributed by atoms with E-state index in [9.17, 15) is 5.26 Å². The molecule has 1 aliphatic heterocycles. The third-order valence-electron chi connectivity index (χ3n) is 4.60. The SMILES string of the molecule is Cc1ccc(SCc2[nH]nc3c2[C@H](c2cccc(Cl)c2)C(C#N)=C(N)O3)cc1. The molecule has 2 heterocycles. The number of fused-ring (bicyclic) bond motifs is 1. The van der Waals surface area contributed by atoms with Crippen LogP contribution < -0.4 is 10.5 Å². The van der Waals surface area contributed by atoms with Gasteiger partial charge in [0.25, 0.3) is 0 Å². The summed E-state index contributed by atoms with van der Waals surface area (Å²) < 4.78 is 5.62. The number of H-pyrrole nitrogens is 1. The summed E-state index contributed by atoms with van der Waals surface area (Å²) in [5, 5.41) is 17.7. The van der Waals surface area contributed by atoms with Crippen molar-refractivity contribution in [3.05, 3.63) is 87.4 Å². The van der Waals surface area contributed by atoms with Gasteiger partial charge in [-0.3, -0.25) is 5.10 Å². The summed E-state index contributed by atoms with van der Waals surface area (Å²) in [5.74, 6) is 0.759. The first-order valence-electron chi connectivity index (χ1n) is 8.66. The third-order valence-corrected chi connectivity index (χ3v) is 5.88. The zero-order valence-corrected chi connectivity index (χ0v) is 16.6. The molecule has 0 radical (unpaired) electrons. The van der Waals surface area contributed by atoms with Gasteiger partial charge in [-0.05, 0) is 36.8 Å². The molecule has 3 N–H and O–H groups in total. The summed E-state index contributed by atoms with van der Waals surface area (Å²) >= 11 is 7.88. The lowest BCUT2D eigenvalue weighted by Gasteiger charge is -2.24. The number of thioether (sulfide) groups is 1. The van der Waals surface area contributed by atoms with Crippen LogP contribution in [-0.2, 0) is 5.75 Å². The first-order valence-corrected chi connectivity index (χ1v) is 10.0. The standard InChI is InChI=1S/C21H17ClN4OS/c1-12-5-7-15(8-6-12)28-11-17-19-18(13-3-2-4-14(22)9-13)16(10-23)20(24)27-21(19)26-25-17/h2-9,18H,11,24H2,1H3,(H,25,26)/t18-/m1/s1. The largest absolute Gasteiger partial charge is 0.420 e. The lowest BCUT2D eigenvalue weighted by molar-refractivity contribution is 0.379. The van der Waals surface area contributed by atoms with E-state index in [0.29, 0.717) is 22.2 Å². The average Bonchev–Trinajstić information content (AvgIpc) is 3.08. The van der Waals surface area contributed by atoms with Crippen molar-refractivity contribution in [3.8, 4) is 11.9 Å². The number of hydrogen-bond donors (Lipinski definition) is 2. The minimum Gasteiger partial charge on any atom is -0.420 e. The quantitative estimate of drug-likeness (QED) is 0.600. The van der Waals surface area contributed by atoms with Gasteiger partial charge in [-0.2, -0.15) is 5.26 Å². The van der Waals surface area contributed by atoms with E-state index in [4.69, 9.17) is 22.1 Å². The molecule has 0 bridgehead atoms. The van der Waals surface area contributed by atoms with E-state index in [-0.39, 0.29) is 11.8 Å². The first kappa shape index (κ1) is 18.5. The van der Waals surface area contributed by atoms with Gasteiger partial charge in [0.2, 0.25) is 11.8 Å². The molecule has 0 fully saturated rings. The predicted molar refractivity (Wildman–Crippen MR) is 110 cm³/mol. The number of nitrogens with one attached hydrogen (secondary N) is 1. The highest BCUT2D eigenvalue weighted by Gasteiger charge is 2.35. The fourth-order valence-electron chi connectivity index (χ4n) is 3.23. The van der Waals surface area contributed by atoms with Crippen molar-refractivity contribution in [2.75, 3.05) is 0 Å². The average molecular weight is 409 g/mol. The van der Waals surface area contributed by atoms with Crippen LogP contribution in [-0.4, -0.2) is 10.2 Å². The maximum absolute atomic E-state index is 9.71. The minimum atomic E-state index is -0.375. The van der Waals surface area contributed by atoms with E-state index in [1.165, 1.54) is 5.56 Å². The molecule has 0 aliphatic carbocycles. The summed E-state index contributed by atoms with van der Waals surface area (Å²) in [6.45, 7) is 2.06. The highest BCUT2D eigenvalue weighted by atomic mass is 35.5. The first-order chi connectivity index (χ1) is 13.6. The number of halogens is 1. The third kappa shape index (κ3) is 3.47. The molecular weight excluding hydrogens is 392 g/mol. The van der Waals surface area contributed by atoms with Gasteiger partial charge < -0.3 is 10.5 Å². The van der Waals surface area contributed by atoms with Gasteiger partial charge in [0.05, 0.1) is 17.2 Å². The topological polar surface area (TPSA) is 87.7 Å². The minimum absolute atomic E-state index is 0.0733. The van der Waals surface area contributed by atoms with Crippen LogP contribution in [0.3, 0.4) is 0 Å².